The minimum Gasteiger partial charge on any atom is -0.480 e. The van der Waals surface area contributed by atoms with Gasteiger partial charge in [-0.1, -0.05) is 13.0 Å². The van der Waals surface area contributed by atoms with Crippen molar-refractivity contribution in [3.8, 4) is 0 Å². The summed E-state index contributed by atoms with van der Waals surface area (Å²) in [4.78, 5) is 17.6. The molecule has 4 heteroatoms. The standard InChI is InChI=1S/C13H20N2O2/c1-5-10(2)15(4)13(3,12(16)17)11-8-6-7-9-14-11/h6-10H,5H2,1-4H3,(H,16,17). The Bertz CT molecular complexity index is 380. The molecule has 0 bridgehead atoms. The molecule has 1 rings (SSSR count). The zero-order chi connectivity index (χ0) is 13.1. The molecule has 0 aliphatic rings. The molecular weight excluding hydrogens is 216 g/mol. The SMILES string of the molecule is CCC(C)N(C)C(C)(C(=O)O)c1ccccn1. The van der Waals surface area contributed by atoms with Gasteiger partial charge in [0.1, 0.15) is 0 Å². The Morgan fingerprint density at radius 1 is 1.59 bits per heavy atom. The van der Waals surface area contributed by atoms with E-state index in [2.05, 4.69) is 4.98 Å². The minimum absolute atomic E-state index is 0.179. The predicted octanol–water partition coefficient (Wildman–Crippen LogP) is 2.11. The van der Waals surface area contributed by atoms with Crippen LogP contribution in [-0.4, -0.2) is 34.0 Å². The van der Waals surface area contributed by atoms with Crippen LogP contribution in [-0.2, 0) is 10.3 Å². The summed E-state index contributed by atoms with van der Waals surface area (Å²) in [5.74, 6) is -0.876. The van der Waals surface area contributed by atoms with Gasteiger partial charge in [-0.2, -0.15) is 0 Å². The van der Waals surface area contributed by atoms with Gasteiger partial charge in [-0.05, 0) is 39.4 Å². The van der Waals surface area contributed by atoms with Gasteiger partial charge < -0.3 is 5.11 Å². The number of hydrogen-bond donors (Lipinski definition) is 1. The topological polar surface area (TPSA) is 53.4 Å². The molecule has 0 spiro atoms. The van der Waals surface area contributed by atoms with Gasteiger partial charge in [0, 0.05) is 12.2 Å². The van der Waals surface area contributed by atoms with Crippen molar-refractivity contribution in [2.45, 2.75) is 38.8 Å². The van der Waals surface area contributed by atoms with Gasteiger partial charge in [-0.15, -0.1) is 0 Å². The molecule has 0 amide bonds. The van der Waals surface area contributed by atoms with Crippen LogP contribution in [0.15, 0.2) is 24.4 Å². The third kappa shape index (κ3) is 2.47. The van der Waals surface area contributed by atoms with E-state index in [0.717, 1.165) is 6.42 Å². The van der Waals surface area contributed by atoms with E-state index in [1.54, 1.807) is 25.3 Å². The van der Waals surface area contributed by atoms with Crippen LogP contribution < -0.4 is 0 Å². The second-order valence-corrected chi connectivity index (χ2v) is 4.46. The highest BCUT2D eigenvalue weighted by atomic mass is 16.4. The summed E-state index contributed by atoms with van der Waals surface area (Å²) < 4.78 is 0. The molecule has 0 aromatic carbocycles. The molecule has 0 saturated heterocycles. The number of aromatic nitrogens is 1. The lowest BCUT2D eigenvalue weighted by Gasteiger charge is -2.38. The van der Waals surface area contributed by atoms with E-state index >= 15 is 0 Å². The van der Waals surface area contributed by atoms with Crippen molar-refractivity contribution in [1.82, 2.24) is 9.88 Å². The summed E-state index contributed by atoms with van der Waals surface area (Å²) in [6, 6.07) is 5.54. The summed E-state index contributed by atoms with van der Waals surface area (Å²) in [5.41, 5.74) is -0.522. The number of aliphatic carboxylic acids is 1. The predicted molar refractivity (Wildman–Crippen MR) is 66.7 cm³/mol. The molecule has 1 aromatic rings. The van der Waals surface area contributed by atoms with Crippen LogP contribution in [0.3, 0.4) is 0 Å². The summed E-state index contributed by atoms with van der Waals surface area (Å²) >= 11 is 0. The fourth-order valence-electron chi connectivity index (χ4n) is 1.81. The van der Waals surface area contributed by atoms with E-state index < -0.39 is 11.5 Å². The first-order valence-electron chi connectivity index (χ1n) is 5.82. The third-order valence-electron chi connectivity index (χ3n) is 3.54. The Hall–Kier alpha value is -1.42. The minimum atomic E-state index is -1.09. The monoisotopic (exact) mass is 236 g/mol. The summed E-state index contributed by atoms with van der Waals surface area (Å²) in [7, 11) is 1.83. The zero-order valence-electron chi connectivity index (χ0n) is 10.8. The van der Waals surface area contributed by atoms with Crippen molar-refractivity contribution in [2.75, 3.05) is 7.05 Å². The van der Waals surface area contributed by atoms with E-state index in [1.165, 1.54) is 0 Å². The van der Waals surface area contributed by atoms with Gasteiger partial charge in [0.25, 0.3) is 0 Å². The molecule has 2 atom stereocenters. The van der Waals surface area contributed by atoms with E-state index in [-0.39, 0.29) is 6.04 Å². The van der Waals surface area contributed by atoms with Gasteiger partial charge in [0.2, 0.25) is 0 Å². The average molecular weight is 236 g/mol. The Morgan fingerprint density at radius 3 is 2.65 bits per heavy atom. The van der Waals surface area contributed by atoms with Crippen molar-refractivity contribution < 1.29 is 9.90 Å². The molecule has 0 radical (unpaired) electrons. The van der Waals surface area contributed by atoms with Crippen molar-refractivity contribution in [2.24, 2.45) is 0 Å². The maximum Gasteiger partial charge on any atom is 0.330 e. The zero-order valence-corrected chi connectivity index (χ0v) is 10.8. The number of nitrogens with zero attached hydrogens (tertiary/aromatic N) is 2. The summed E-state index contributed by atoms with van der Waals surface area (Å²) in [6.07, 6.45) is 2.52. The van der Waals surface area contributed by atoms with Crippen molar-refractivity contribution >= 4 is 5.97 Å². The van der Waals surface area contributed by atoms with E-state index in [4.69, 9.17) is 0 Å². The second kappa shape index (κ2) is 5.27. The Kier molecular flexibility index (Phi) is 4.23. The number of likely N-dealkylation sites (N-methyl/N-ethyl adjacent to an activating group) is 1. The number of pyridine rings is 1. The maximum atomic E-state index is 11.6. The van der Waals surface area contributed by atoms with Crippen LogP contribution in [0.2, 0.25) is 0 Å². The normalized spacial score (nSPS) is 16.5. The van der Waals surface area contributed by atoms with Crippen LogP contribution in [0.5, 0.6) is 0 Å². The lowest BCUT2D eigenvalue weighted by atomic mass is 9.93. The van der Waals surface area contributed by atoms with Crippen molar-refractivity contribution in [3.05, 3.63) is 30.1 Å². The van der Waals surface area contributed by atoms with Crippen LogP contribution in [0.1, 0.15) is 32.9 Å². The highest BCUT2D eigenvalue weighted by Gasteiger charge is 2.42. The van der Waals surface area contributed by atoms with Crippen LogP contribution in [0.25, 0.3) is 0 Å². The first kappa shape index (κ1) is 13.6. The van der Waals surface area contributed by atoms with Gasteiger partial charge in [0.05, 0.1) is 5.69 Å². The average Bonchev–Trinajstić information content (AvgIpc) is 2.36. The van der Waals surface area contributed by atoms with Gasteiger partial charge in [-0.25, -0.2) is 4.79 Å². The quantitative estimate of drug-likeness (QED) is 0.850. The fraction of sp³-hybridized carbons (Fsp3) is 0.538. The highest BCUT2D eigenvalue weighted by Crippen LogP contribution is 2.28. The first-order chi connectivity index (χ1) is 7.94. The fourth-order valence-corrected chi connectivity index (χ4v) is 1.81. The third-order valence-corrected chi connectivity index (χ3v) is 3.54. The Morgan fingerprint density at radius 2 is 2.24 bits per heavy atom. The molecule has 0 saturated carbocycles. The molecule has 4 nitrogen and oxygen atoms in total. The Balaban J connectivity index is 3.19. The molecule has 1 heterocycles. The van der Waals surface area contributed by atoms with Crippen LogP contribution >= 0.6 is 0 Å². The van der Waals surface area contributed by atoms with E-state index in [1.807, 2.05) is 31.9 Å². The lowest BCUT2D eigenvalue weighted by molar-refractivity contribution is -0.152. The second-order valence-electron chi connectivity index (χ2n) is 4.46. The first-order valence-corrected chi connectivity index (χ1v) is 5.82. The molecule has 0 aliphatic heterocycles. The number of hydrogen-bond acceptors (Lipinski definition) is 3. The number of carbonyl (C=O) groups is 1. The molecule has 2 unspecified atom stereocenters. The molecular formula is C13H20N2O2. The van der Waals surface area contributed by atoms with Gasteiger partial charge in [0.15, 0.2) is 5.54 Å². The Labute approximate surface area is 102 Å². The van der Waals surface area contributed by atoms with Crippen LogP contribution in [0.4, 0.5) is 0 Å². The molecule has 1 aromatic heterocycles. The summed E-state index contributed by atoms with van der Waals surface area (Å²) in [6.45, 7) is 5.76. The molecule has 0 aliphatic carbocycles. The van der Waals surface area contributed by atoms with E-state index in [0.29, 0.717) is 5.69 Å². The smallest absolute Gasteiger partial charge is 0.330 e. The maximum absolute atomic E-state index is 11.6. The molecule has 17 heavy (non-hydrogen) atoms. The lowest BCUT2D eigenvalue weighted by Crippen LogP contribution is -2.51. The number of rotatable bonds is 5. The van der Waals surface area contributed by atoms with Crippen molar-refractivity contribution in [3.63, 3.8) is 0 Å². The number of carboxylic acids is 1. The largest absolute Gasteiger partial charge is 0.480 e. The molecule has 0 fully saturated rings. The number of carboxylic acid groups (broad SMARTS) is 1. The molecule has 1 N–H and O–H groups in total. The van der Waals surface area contributed by atoms with E-state index in [9.17, 15) is 9.90 Å². The van der Waals surface area contributed by atoms with Gasteiger partial charge in [-0.3, -0.25) is 9.88 Å². The highest BCUT2D eigenvalue weighted by molar-refractivity contribution is 5.79. The molecule has 94 valence electrons. The van der Waals surface area contributed by atoms with Crippen LogP contribution in [0, 0.1) is 0 Å². The van der Waals surface area contributed by atoms with Crippen molar-refractivity contribution in [1.29, 1.82) is 0 Å². The summed E-state index contributed by atoms with van der Waals surface area (Å²) in [5, 5.41) is 9.52. The van der Waals surface area contributed by atoms with Gasteiger partial charge >= 0.3 is 5.97 Å².